The minimum absolute atomic E-state index is 0. The van der Waals surface area contributed by atoms with Crippen LogP contribution in [0.5, 0.6) is 0 Å². The molecular formula is C18H38Cl2N2O2. The van der Waals surface area contributed by atoms with Crippen LogP contribution in [0.25, 0.3) is 0 Å². The Morgan fingerprint density at radius 2 is 0.917 bits per heavy atom. The van der Waals surface area contributed by atoms with Gasteiger partial charge in [-0.1, -0.05) is 64.2 Å². The Balaban J connectivity index is 0.00000264. The Morgan fingerprint density at radius 1 is 0.625 bits per heavy atom. The quantitative estimate of drug-likeness (QED) is 0.542. The molecule has 4 atom stereocenters. The van der Waals surface area contributed by atoms with Crippen LogP contribution < -0.4 is 11.5 Å². The van der Waals surface area contributed by atoms with Gasteiger partial charge in [-0.05, 0) is 24.7 Å². The Bertz CT molecular complexity index is 281. The zero-order chi connectivity index (χ0) is 15.9. The van der Waals surface area contributed by atoms with Gasteiger partial charge in [-0.3, -0.25) is 0 Å². The van der Waals surface area contributed by atoms with Crippen LogP contribution in [-0.4, -0.2) is 34.5 Å². The number of rotatable bonds is 7. The first-order chi connectivity index (χ1) is 10.6. The molecule has 2 aliphatic rings. The minimum atomic E-state index is -0.888. The van der Waals surface area contributed by atoms with Crippen molar-refractivity contribution in [3.05, 3.63) is 0 Å². The van der Waals surface area contributed by atoms with Gasteiger partial charge in [-0.15, -0.1) is 24.8 Å². The maximum atomic E-state index is 10.4. The molecule has 0 aliphatic heterocycles. The van der Waals surface area contributed by atoms with Gasteiger partial charge in [0.25, 0.3) is 0 Å². The van der Waals surface area contributed by atoms with Crippen molar-refractivity contribution in [2.75, 3.05) is 0 Å². The summed E-state index contributed by atoms with van der Waals surface area (Å²) in [7, 11) is 0. The first-order valence-corrected chi connectivity index (χ1v) is 9.45. The fourth-order valence-electron chi connectivity index (χ4n) is 4.40. The summed E-state index contributed by atoms with van der Waals surface area (Å²) in [5.74, 6) is 1.22. The molecule has 6 N–H and O–H groups in total. The molecule has 0 aromatic heterocycles. The highest BCUT2D eigenvalue weighted by Crippen LogP contribution is 2.30. The highest BCUT2D eigenvalue weighted by Gasteiger charge is 2.31. The third kappa shape index (κ3) is 7.76. The molecule has 2 aliphatic carbocycles. The standard InChI is InChI=1S/C18H36N2O2.2ClH/c19-15(11-13-7-3-1-4-8-13)17(21)18(22)16(20)12-14-9-5-2-6-10-14;;/h13-18,21-22H,1-12,19-20H2;2*1H/t15-,16-,17-,18-;;/m0../s1. The highest BCUT2D eigenvalue weighted by atomic mass is 35.5. The van der Waals surface area contributed by atoms with Crippen LogP contribution >= 0.6 is 24.8 Å². The van der Waals surface area contributed by atoms with Crippen LogP contribution in [-0.2, 0) is 0 Å². The molecule has 146 valence electrons. The minimum Gasteiger partial charge on any atom is -0.389 e. The van der Waals surface area contributed by atoms with E-state index in [0.29, 0.717) is 11.8 Å². The largest absolute Gasteiger partial charge is 0.389 e. The molecule has 0 heterocycles. The molecule has 0 aromatic carbocycles. The molecule has 24 heavy (non-hydrogen) atoms. The lowest BCUT2D eigenvalue weighted by atomic mass is 9.80. The Labute approximate surface area is 160 Å². The summed E-state index contributed by atoms with van der Waals surface area (Å²) in [6.45, 7) is 0. The van der Waals surface area contributed by atoms with Crippen LogP contribution in [0.3, 0.4) is 0 Å². The van der Waals surface area contributed by atoms with Gasteiger partial charge in [0.1, 0.15) is 0 Å². The summed E-state index contributed by atoms with van der Waals surface area (Å²) in [6.07, 6.45) is 12.4. The van der Waals surface area contributed by atoms with Gasteiger partial charge < -0.3 is 21.7 Å². The zero-order valence-electron chi connectivity index (χ0n) is 14.8. The van der Waals surface area contributed by atoms with Gasteiger partial charge in [0, 0.05) is 12.1 Å². The first-order valence-electron chi connectivity index (χ1n) is 9.45. The summed E-state index contributed by atoms with van der Waals surface area (Å²) in [6, 6.07) is -0.703. The monoisotopic (exact) mass is 384 g/mol. The molecular weight excluding hydrogens is 347 g/mol. The van der Waals surface area contributed by atoms with Crippen LogP contribution in [0.4, 0.5) is 0 Å². The zero-order valence-corrected chi connectivity index (χ0v) is 16.4. The van der Waals surface area contributed by atoms with Gasteiger partial charge in [-0.2, -0.15) is 0 Å². The summed E-state index contributed by atoms with van der Waals surface area (Å²) >= 11 is 0. The molecule has 6 heteroatoms. The number of hydrogen-bond donors (Lipinski definition) is 4. The number of halogens is 2. The maximum Gasteiger partial charge on any atom is 0.0964 e. The van der Waals surface area contributed by atoms with Gasteiger partial charge >= 0.3 is 0 Å². The van der Waals surface area contributed by atoms with E-state index in [4.69, 9.17) is 11.5 Å². The normalized spacial score (nSPS) is 25.0. The Kier molecular flexibility index (Phi) is 12.9. The summed E-state index contributed by atoms with van der Waals surface area (Å²) in [5.41, 5.74) is 12.3. The van der Waals surface area contributed by atoms with Crippen LogP contribution in [0.15, 0.2) is 0 Å². The smallest absolute Gasteiger partial charge is 0.0964 e. The van der Waals surface area contributed by atoms with E-state index < -0.39 is 12.2 Å². The molecule has 0 aromatic rings. The van der Waals surface area contributed by atoms with E-state index in [1.807, 2.05) is 0 Å². The first kappa shape index (κ1) is 24.4. The van der Waals surface area contributed by atoms with E-state index in [9.17, 15) is 10.2 Å². The van der Waals surface area contributed by atoms with Crippen molar-refractivity contribution in [3.63, 3.8) is 0 Å². The van der Waals surface area contributed by atoms with Gasteiger partial charge in [0.2, 0.25) is 0 Å². The van der Waals surface area contributed by atoms with Crippen LogP contribution in [0.1, 0.15) is 77.0 Å². The molecule has 0 saturated heterocycles. The summed E-state index contributed by atoms with van der Waals surface area (Å²) in [4.78, 5) is 0. The Morgan fingerprint density at radius 3 is 1.21 bits per heavy atom. The average Bonchev–Trinajstić information content (AvgIpc) is 2.55. The van der Waals surface area contributed by atoms with E-state index in [1.54, 1.807) is 0 Å². The SMILES string of the molecule is Cl.Cl.N[C@@H](CC1CCCCC1)[C@H](O)[C@@H](O)[C@@H](N)CC1CCCCC1. The van der Waals surface area contributed by atoms with Gasteiger partial charge in [-0.25, -0.2) is 0 Å². The highest BCUT2D eigenvalue weighted by molar-refractivity contribution is 5.85. The second-order valence-electron chi connectivity index (χ2n) is 7.79. The summed E-state index contributed by atoms with van der Waals surface area (Å²) < 4.78 is 0. The van der Waals surface area contributed by atoms with Crippen molar-refractivity contribution in [1.82, 2.24) is 0 Å². The molecule has 4 nitrogen and oxygen atoms in total. The van der Waals surface area contributed by atoms with E-state index in [0.717, 1.165) is 12.8 Å². The van der Waals surface area contributed by atoms with Crippen LogP contribution in [0.2, 0.25) is 0 Å². The van der Waals surface area contributed by atoms with Crippen molar-refractivity contribution in [1.29, 1.82) is 0 Å². The molecule has 2 saturated carbocycles. The average molecular weight is 385 g/mol. The number of nitrogens with two attached hydrogens (primary N) is 2. The second-order valence-corrected chi connectivity index (χ2v) is 7.79. The van der Waals surface area contributed by atoms with Crippen molar-refractivity contribution in [2.24, 2.45) is 23.3 Å². The van der Waals surface area contributed by atoms with Crippen molar-refractivity contribution in [2.45, 2.75) is 101 Å². The second kappa shape index (κ2) is 12.7. The van der Waals surface area contributed by atoms with Crippen molar-refractivity contribution >= 4 is 24.8 Å². The van der Waals surface area contributed by atoms with Gasteiger partial charge in [0.05, 0.1) is 12.2 Å². The third-order valence-corrected chi connectivity index (χ3v) is 5.89. The third-order valence-electron chi connectivity index (χ3n) is 5.89. The fraction of sp³-hybridized carbons (Fsp3) is 1.00. The van der Waals surface area contributed by atoms with Crippen molar-refractivity contribution in [3.8, 4) is 0 Å². The molecule has 0 amide bonds. The van der Waals surface area contributed by atoms with Crippen molar-refractivity contribution < 1.29 is 10.2 Å². The molecule has 2 fully saturated rings. The molecule has 0 bridgehead atoms. The molecule has 0 spiro atoms. The molecule has 0 unspecified atom stereocenters. The molecule has 0 radical (unpaired) electrons. The predicted octanol–water partition coefficient (Wildman–Crippen LogP) is 3.15. The van der Waals surface area contributed by atoms with E-state index in [2.05, 4.69) is 0 Å². The predicted molar refractivity (Wildman–Crippen MR) is 105 cm³/mol. The van der Waals surface area contributed by atoms with E-state index in [-0.39, 0.29) is 36.9 Å². The number of aliphatic hydroxyl groups is 2. The van der Waals surface area contributed by atoms with Crippen LogP contribution in [0, 0.1) is 11.8 Å². The number of aliphatic hydroxyl groups excluding tert-OH is 2. The lowest BCUT2D eigenvalue weighted by molar-refractivity contribution is -0.0196. The van der Waals surface area contributed by atoms with E-state index in [1.165, 1.54) is 64.2 Å². The molecule has 2 rings (SSSR count). The van der Waals surface area contributed by atoms with E-state index >= 15 is 0 Å². The topological polar surface area (TPSA) is 92.5 Å². The number of hydrogen-bond acceptors (Lipinski definition) is 4. The fourth-order valence-corrected chi connectivity index (χ4v) is 4.40. The maximum absolute atomic E-state index is 10.4. The lowest BCUT2D eigenvalue weighted by Gasteiger charge is -2.33. The van der Waals surface area contributed by atoms with Gasteiger partial charge in [0.15, 0.2) is 0 Å². The summed E-state index contributed by atoms with van der Waals surface area (Å²) in [5, 5.41) is 20.7. The lowest BCUT2D eigenvalue weighted by Crippen LogP contribution is -2.52. The Hall–Kier alpha value is 0.420.